The number of ether oxygens (including phenoxy) is 1. The fourth-order valence-electron chi connectivity index (χ4n) is 3.03. The molecule has 1 atom stereocenters. The highest BCUT2D eigenvalue weighted by molar-refractivity contribution is 5.85. The predicted octanol–water partition coefficient (Wildman–Crippen LogP) is 2.22. The highest BCUT2D eigenvalue weighted by Gasteiger charge is 2.26. The second kappa shape index (κ2) is 11.7. The summed E-state index contributed by atoms with van der Waals surface area (Å²) >= 11 is 0. The summed E-state index contributed by atoms with van der Waals surface area (Å²) < 4.78 is 5.42. The van der Waals surface area contributed by atoms with Crippen molar-refractivity contribution >= 4 is 29.5 Å². The zero-order valence-electron chi connectivity index (χ0n) is 15.9. The molecule has 2 rings (SSSR count). The Hall–Kier alpha value is -2.01. The van der Waals surface area contributed by atoms with Crippen LogP contribution in [-0.2, 0) is 4.74 Å². The van der Waals surface area contributed by atoms with E-state index in [-0.39, 0.29) is 23.8 Å². The number of piperazine rings is 1. The number of β-amino-alcohol motifs (C(OH)–C–C–N with tert-alkyl or cyclic N) is 1. The maximum atomic E-state index is 11.3. The number of aliphatic hydroxyl groups excluding tert-OH is 1. The van der Waals surface area contributed by atoms with Crippen molar-refractivity contribution in [1.82, 2.24) is 4.90 Å². The molecular weight excluding hydrogens is 392 g/mol. The van der Waals surface area contributed by atoms with Crippen LogP contribution in [0.4, 0.5) is 17.1 Å². The second-order valence-corrected chi connectivity index (χ2v) is 6.56. The van der Waals surface area contributed by atoms with Gasteiger partial charge in [0.25, 0.3) is 11.4 Å². The minimum absolute atomic E-state index is 0. The molecule has 0 bridgehead atoms. The number of nitro groups is 2. The molecule has 1 unspecified atom stereocenters. The SMILES string of the molecule is CCCCOCC(O)CN1CCN(c2ccc([N+](=O)[O-])cc2[N+](=O)[O-])CC1.Cl. The van der Waals surface area contributed by atoms with Crippen LogP contribution in [0.25, 0.3) is 0 Å². The zero-order chi connectivity index (χ0) is 19.8. The fourth-order valence-corrected chi connectivity index (χ4v) is 3.03. The molecule has 0 aliphatic carbocycles. The van der Waals surface area contributed by atoms with Crippen LogP contribution in [0.5, 0.6) is 0 Å². The molecule has 1 aromatic carbocycles. The Kier molecular flexibility index (Phi) is 10.1. The number of anilines is 1. The summed E-state index contributed by atoms with van der Waals surface area (Å²) in [6.07, 6.45) is 1.45. The van der Waals surface area contributed by atoms with Gasteiger partial charge in [0, 0.05) is 45.4 Å². The molecule has 11 heteroatoms. The minimum Gasteiger partial charge on any atom is -0.389 e. The summed E-state index contributed by atoms with van der Waals surface area (Å²) in [6.45, 7) is 5.88. The molecule has 1 aliphatic rings. The maximum Gasteiger partial charge on any atom is 0.299 e. The van der Waals surface area contributed by atoms with Gasteiger partial charge in [-0.3, -0.25) is 25.1 Å². The van der Waals surface area contributed by atoms with Crippen LogP contribution in [0.1, 0.15) is 19.8 Å². The van der Waals surface area contributed by atoms with Gasteiger partial charge in [-0.25, -0.2) is 0 Å². The molecule has 0 aromatic heterocycles. The molecular formula is C17H27ClN4O6. The summed E-state index contributed by atoms with van der Waals surface area (Å²) in [7, 11) is 0. The number of aliphatic hydroxyl groups is 1. The lowest BCUT2D eigenvalue weighted by atomic mass is 10.2. The Bertz CT molecular complexity index is 655. The van der Waals surface area contributed by atoms with Gasteiger partial charge in [-0.1, -0.05) is 13.3 Å². The van der Waals surface area contributed by atoms with E-state index in [2.05, 4.69) is 11.8 Å². The van der Waals surface area contributed by atoms with Crippen molar-refractivity contribution in [2.75, 3.05) is 50.8 Å². The first-order chi connectivity index (χ1) is 12.9. The molecule has 0 saturated carbocycles. The largest absolute Gasteiger partial charge is 0.389 e. The monoisotopic (exact) mass is 418 g/mol. The Morgan fingerprint density at radius 3 is 2.43 bits per heavy atom. The molecule has 0 spiro atoms. The lowest BCUT2D eigenvalue weighted by Gasteiger charge is -2.36. The van der Waals surface area contributed by atoms with Crippen molar-refractivity contribution in [3.05, 3.63) is 38.4 Å². The minimum atomic E-state index is -0.640. The number of nitro benzene ring substituents is 2. The molecule has 10 nitrogen and oxygen atoms in total. The first-order valence-corrected chi connectivity index (χ1v) is 9.08. The van der Waals surface area contributed by atoms with Gasteiger partial charge in [-0.15, -0.1) is 12.4 Å². The van der Waals surface area contributed by atoms with Gasteiger partial charge in [0.05, 0.1) is 28.6 Å². The molecule has 1 fully saturated rings. The third kappa shape index (κ3) is 6.86. The highest BCUT2D eigenvalue weighted by atomic mass is 35.5. The van der Waals surface area contributed by atoms with Crippen molar-refractivity contribution in [3.8, 4) is 0 Å². The quantitative estimate of drug-likeness (QED) is 0.348. The van der Waals surface area contributed by atoms with Crippen LogP contribution in [0, 0.1) is 20.2 Å². The molecule has 28 heavy (non-hydrogen) atoms. The van der Waals surface area contributed by atoms with E-state index >= 15 is 0 Å². The Morgan fingerprint density at radius 1 is 1.18 bits per heavy atom. The average molecular weight is 419 g/mol. The van der Waals surface area contributed by atoms with Crippen molar-refractivity contribution in [2.45, 2.75) is 25.9 Å². The molecule has 158 valence electrons. The van der Waals surface area contributed by atoms with E-state index in [9.17, 15) is 25.3 Å². The van der Waals surface area contributed by atoms with Gasteiger partial charge in [-0.05, 0) is 12.5 Å². The van der Waals surface area contributed by atoms with Crippen molar-refractivity contribution in [2.24, 2.45) is 0 Å². The lowest BCUT2D eigenvalue weighted by Crippen LogP contribution is -2.49. The van der Waals surface area contributed by atoms with E-state index in [1.165, 1.54) is 12.1 Å². The van der Waals surface area contributed by atoms with Gasteiger partial charge >= 0.3 is 0 Å². The fraction of sp³-hybridized carbons (Fsp3) is 0.647. The molecule has 1 aromatic rings. The van der Waals surface area contributed by atoms with Crippen LogP contribution in [-0.4, -0.2) is 71.9 Å². The van der Waals surface area contributed by atoms with E-state index in [1.54, 1.807) is 0 Å². The standard InChI is InChI=1S/C17H26N4O6.ClH/c1-2-3-10-27-13-15(22)12-18-6-8-19(9-7-18)16-5-4-14(20(23)24)11-17(16)21(25)26;/h4-5,11,15,22H,2-3,6-10,12-13H2,1H3;1H. The number of rotatable bonds is 10. The first kappa shape index (κ1) is 24.0. The van der Waals surface area contributed by atoms with E-state index in [0.29, 0.717) is 51.6 Å². The molecule has 1 N–H and O–H groups in total. The summed E-state index contributed by atoms with van der Waals surface area (Å²) in [6, 6.07) is 3.72. The number of hydrogen-bond acceptors (Lipinski definition) is 8. The van der Waals surface area contributed by atoms with Crippen molar-refractivity contribution in [1.29, 1.82) is 0 Å². The van der Waals surface area contributed by atoms with Gasteiger partial charge in [0.15, 0.2) is 0 Å². The van der Waals surface area contributed by atoms with Crippen LogP contribution >= 0.6 is 12.4 Å². The first-order valence-electron chi connectivity index (χ1n) is 9.08. The van der Waals surface area contributed by atoms with Gasteiger partial charge in [0.1, 0.15) is 5.69 Å². The van der Waals surface area contributed by atoms with Crippen molar-refractivity contribution < 1.29 is 19.7 Å². The molecule has 1 saturated heterocycles. The molecule has 0 amide bonds. The lowest BCUT2D eigenvalue weighted by molar-refractivity contribution is -0.393. The van der Waals surface area contributed by atoms with Crippen molar-refractivity contribution in [3.63, 3.8) is 0 Å². The van der Waals surface area contributed by atoms with Crippen LogP contribution in [0.15, 0.2) is 18.2 Å². The number of benzene rings is 1. The third-order valence-electron chi connectivity index (χ3n) is 4.50. The number of nitrogens with zero attached hydrogens (tertiary/aromatic N) is 4. The molecule has 0 radical (unpaired) electrons. The topological polar surface area (TPSA) is 122 Å². The number of non-ortho nitro benzene ring substituents is 1. The molecule has 1 heterocycles. The smallest absolute Gasteiger partial charge is 0.299 e. The Balaban J connectivity index is 0.00000392. The highest BCUT2D eigenvalue weighted by Crippen LogP contribution is 2.32. The maximum absolute atomic E-state index is 11.3. The van der Waals surface area contributed by atoms with E-state index in [1.807, 2.05) is 4.90 Å². The zero-order valence-corrected chi connectivity index (χ0v) is 16.7. The second-order valence-electron chi connectivity index (χ2n) is 6.56. The third-order valence-corrected chi connectivity index (χ3v) is 4.50. The summed E-state index contributed by atoms with van der Waals surface area (Å²) in [5.41, 5.74) is -0.175. The van der Waals surface area contributed by atoms with E-state index < -0.39 is 16.0 Å². The van der Waals surface area contributed by atoms with E-state index in [4.69, 9.17) is 4.74 Å². The van der Waals surface area contributed by atoms with Crippen LogP contribution in [0.2, 0.25) is 0 Å². The molecule has 1 aliphatic heterocycles. The van der Waals surface area contributed by atoms with Gasteiger partial charge in [0.2, 0.25) is 0 Å². The van der Waals surface area contributed by atoms with Crippen LogP contribution < -0.4 is 4.90 Å². The average Bonchev–Trinajstić information content (AvgIpc) is 2.65. The Morgan fingerprint density at radius 2 is 1.86 bits per heavy atom. The number of halogens is 1. The summed E-state index contributed by atoms with van der Waals surface area (Å²) in [5, 5.41) is 32.2. The summed E-state index contributed by atoms with van der Waals surface area (Å²) in [4.78, 5) is 24.8. The Labute approximate surface area is 169 Å². The number of hydrogen-bond donors (Lipinski definition) is 1. The normalized spacial score (nSPS) is 15.7. The number of unbranched alkanes of at least 4 members (excludes halogenated alkanes) is 1. The predicted molar refractivity (Wildman–Crippen MR) is 107 cm³/mol. The van der Waals surface area contributed by atoms with E-state index in [0.717, 1.165) is 18.9 Å². The summed E-state index contributed by atoms with van der Waals surface area (Å²) in [5.74, 6) is 0. The van der Waals surface area contributed by atoms with Gasteiger partial charge in [-0.2, -0.15) is 0 Å². The van der Waals surface area contributed by atoms with Gasteiger partial charge < -0.3 is 14.7 Å². The van der Waals surface area contributed by atoms with Crippen LogP contribution in [0.3, 0.4) is 0 Å².